The minimum atomic E-state index is -0.847. The van der Waals surface area contributed by atoms with Gasteiger partial charge in [-0.25, -0.2) is 4.79 Å². The third kappa shape index (κ3) is 4.18. The average Bonchev–Trinajstić information content (AvgIpc) is 2.52. The van der Waals surface area contributed by atoms with Crippen molar-refractivity contribution < 1.29 is 18.7 Å². The van der Waals surface area contributed by atoms with E-state index in [0.29, 0.717) is 11.0 Å². The molecule has 2 aromatic rings. The van der Waals surface area contributed by atoms with Gasteiger partial charge >= 0.3 is 5.97 Å². The second-order valence-corrected chi connectivity index (χ2v) is 5.65. The van der Waals surface area contributed by atoms with E-state index in [2.05, 4.69) is 5.32 Å². The highest BCUT2D eigenvalue weighted by atomic mass is 16.5. The largest absolute Gasteiger partial charge is 0.450 e. The maximum atomic E-state index is 11.9. The zero-order valence-corrected chi connectivity index (χ0v) is 13.3. The van der Waals surface area contributed by atoms with Gasteiger partial charge in [-0.2, -0.15) is 0 Å². The predicted molar refractivity (Wildman–Crippen MR) is 85.2 cm³/mol. The highest BCUT2D eigenvalue weighted by molar-refractivity contribution is 5.90. The fraction of sp³-hybridized carbons (Fsp3) is 0.353. The van der Waals surface area contributed by atoms with Crippen molar-refractivity contribution in [3.8, 4) is 0 Å². The first kappa shape index (κ1) is 16.7. The zero-order valence-electron chi connectivity index (χ0n) is 13.3. The van der Waals surface area contributed by atoms with Gasteiger partial charge in [-0.15, -0.1) is 0 Å². The van der Waals surface area contributed by atoms with E-state index in [1.807, 2.05) is 20.8 Å². The highest BCUT2D eigenvalue weighted by Gasteiger charge is 2.16. The van der Waals surface area contributed by atoms with Gasteiger partial charge in [-0.3, -0.25) is 9.59 Å². The van der Waals surface area contributed by atoms with Gasteiger partial charge < -0.3 is 14.5 Å². The van der Waals surface area contributed by atoms with Crippen LogP contribution in [-0.2, 0) is 9.53 Å². The molecule has 0 saturated heterocycles. The summed E-state index contributed by atoms with van der Waals surface area (Å²) in [4.78, 5) is 35.5. The molecular weight excluding hydrogens is 298 g/mol. The lowest BCUT2D eigenvalue weighted by Crippen LogP contribution is -2.38. The van der Waals surface area contributed by atoms with Gasteiger partial charge in [0.15, 0.2) is 12.0 Å². The Kier molecular flexibility index (Phi) is 5.16. The summed E-state index contributed by atoms with van der Waals surface area (Å²) >= 11 is 0. The second-order valence-electron chi connectivity index (χ2n) is 5.65. The molecule has 0 fully saturated rings. The molecule has 2 rings (SSSR count). The lowest BCUT2D eigenvalue weighted by Gasteiger charge is -2.17. The minimum Gasteiger partial charge on any atom is -0.450 e. The van der Waals surface area contributed by atoms with E-state index < -0.39 is 18.5 Å². The minimum absolute atomic E-state index is 0.0280. The van der Waals surface area contributed by atoms with Crippen molar-refractivity contribution in [1.29, 1.82) is 0 Å². The molecule has 1 heterocycles. The Morgan fingerprint density at radius 2 is 1.91 bits per heavy atom. The normalized spacial score (nSPS) is 12.2. The third-order valence-electron chi connectivity index (χ3n) is 3.56. The number of fused-ring (bicyclic) bond motifs is 1. The number of nitrogens with one attached hydrogen (secondary N) is 1. The Morgan fingerprint density at radius 1 is 1.22 bits per heavy atom. The molecule has 1 N–H and O–H groups in total. The highest BCUT2D eigenvalue weighted by Crippen LogP contribution is 2.12. The lowest BCUT2D eigenvalue weighted by atomic mass is 10.1. The molecule has 6 nitrogen and oxygen atoms in total. The first-order chi connectivity index (χ1) is 10.9. The number of esters is 1. The van der Waals surface area contributed by atoms with Gasteiger partial charge in [0.2, 0.25) is 5.76 Å². The standard InChI is InChI=1S/C17H19NO5/c1-10(2)11(3)18-16(20)9-22-17(21)15-8-13(19)12-6-4-5-7-14(12)23-15/h4-8,10-11H,9H2,1-3H3,(H,18,20)/t11-/m1/s1. The molecule has 1 aromatic heterocycles. The topological polar surface area (TPSA) is 85.6 Å². The van der Waals surface area contributed by atoms with Crippen LogP contribution in [0.25, 0.3) is 11.0 Å². The number of ether oxygens (including phenoxy) is 1. The summed E-state index contributed by atoms with van der Waals surface area (Å²) in [5.74, 6) is -1.20. The van der Waals surface area contributed by atoms with E-state index in [0.717, 1.165) is 6.07 Å². The number of rotatable bonds is 5. The Labute approximate surface area is 133 Å². The Balaban J connectivity index is 2.04. The molecule has 0 aliphatic heterocycles. The van der Waals surface area contributed by atoms with Crippen molar-refractivity contribution in [2.45, 2.75) is 26.8 Å². The monoisotopic (exact) mass is 317 g/mol. The fourth-order valence-electron chi connectivity index (χ4n) is 1.87. The molecule has 0 unspecified atom stereocenters. The van der Waals surface area contributed by atoms with Crippen molar-refractivity contribution in [1.82, 2.24) is 5.32 Å². The van der Waals surface area contributed by atoms with Crippen LogP contribution in [0.3, 0.4) is 0 Å². The molecular formula is C17H19NO5. The van der Waals surface area contributed by atoms with E-state index in [1.54, 1.807) is 24.3 Å². The first-order valence-corrected chi connectivity index (χ1v) is 7.38. The van der Waals surface area contributed by atoms with Crippen molar-refractivity contribution in [3.05, 3.63) is 46.3 Å². The van der Waals surface area contributed by atoms with E-state index in [4.69, 9.17) is 9.15 Å². The number of carbonyl (C=O) groups is 2. The molecule has 23 heavy (non-hydrogen) atoms. The maximum absolute atomic E-state index is 11.9. The van der Waals surface area contributed by atoms with E-state index in [-0.39, 0.29) is 23.1 Å². The molecule has 0 saturated carbocycles. The Bertz CT molecular complexity index is 778. The van der Waals surface area contributed by atoms with Gasteiger partial charge in [-0.1, -0.05) is 26.0 Å². The number of benzene rings is 1. The maximum Gasteiger partial charge on any atom is 0.374 e. The van der Waals surface area contributed by atoms with Crippen LogP contribution >= 0.6 is 0 Å². The first-order valence-electron chi connectivity index (χ1n) is 7.38. The summed E-state index contributed by atoms with van der Waals surface area (Å²) in [7, 11) is 0. The van der Waals surface area contributed by atoms with Crippen LogP contribution in [-0.4, -0.2) is 24.5 Å². The number of hydrogen-bond donors (Lipinski definition) is 1. The number of carbonyl (C=O) groups excluding carboxylic acids is 2. The third-order valence-corrected chi connectivity index (χ3v) is 3.56. The van der Waals surface area contributed by atoms with Gasteiger partial charge in [0.25, 0.3) is 5.91 Å². The predicted octanol–water partition coefficient (Wildman–Crippen LogP) is 2.11. The van der Waals surface area contributed by atoms with E-state index in [9.17, 15) is 14.4 Å². The summed E-state index contributed by atoms with van der Waals surface area (Å²) in [5.41, 5.74) is -0.0403. The molecule has 122 valence electrons. The van der Waals surface area contributed by atoms with Gasteiger partial charge in [0.05, 0.1) is 5.39 Å². The Hall–Kier alpha value is -2.63. The van der Waals surface area contributed by atoms with Crippen LogP contribution in [0.1, 0.15) is 31.3 Å². The molecule has 0 aliphatic carbocycles. The summed E-state index contributed by atoms with van der Waals surface area (Å²) in [6, 6.07) is 7.64. The van der Waals surface area contributed by atoms with Crippen LogP contribution < -0.4 is 10.7 Å². The smallest absolute Gasteiger partial charge is 0.374 e. The van der Waals surface area contributed by atoms with E-state index >= 15 is 0 Å². The van der Waals surface area contributed by atoms with Gasteiger partial charge in [0, 0.05) is 12.1 Å². The number of para-hydroxylation sites is 1. The molecule has 1 aromatic carbocycles. The van der Waals surface area contributed by atoms with Gasteiger partial charge in [-0.05, 0) is 25.0 Å². The SMILES string of the molecule is CC(C)[C@@H](C)NC(=O)COC(=O)c1cc(=O)c2ccccc2o1. The summed E-state index contributed by atoms with van der Waals surface area (Å²) in [6.45, 7) is 5.39. The molecule has 1 atom stereocenters. The van der Waals surface area contributed by atoms with Crippen LogP contribution in [0.5, 0.6) is 0 Å². The van der Waals surface area contributed by atoms with Crippen LogP contribution in [0.4, 0.5) is 0 Å². The molecule has 6 heteroatoms. The van der Waals surface area contributed by atoms with Crippen molar-refractivity contribution in [3.63, 3.8) is 0 Å². The summed E-state index contributed by atoms with van der Waals surface area (Å²) in [5, 5.41) is 3.10. The number of amides is 1. The van der Waals surface area contributed by atoms with Crippen molar-refractivity contribution in [2.24, 2.45) is 5.92 Å². The average molecular weight is 317 g/mol. The van der Waals surface area contributed by atoms with Crippen LogP contribution in [0, 0.1) is 5.92 Å². The molecule has 1 amide bonds. The fourth-order valence-corrected chi connectivity index (χ4v) is 1.87. The lowest BCUT2D eigenvalue weighted by molar-refractivity contribution is -0.125. The van der Waals surface area contributed by atoms with Crippen LogP contribution in [0.2, 0.25) is 0 Å². The molecule has 0 radical (unpaired) electrons. The summed E-state index contributed by atoms with van der Waals surface area (Å²) in [6.07, 6.45) is 0. The van der Waals surface area contributed by atoms with Crippen molar-refractivity contribution in [2.75, 3.05) is 6.61 Å². The molecule has 0 aliphatic rings. The van der Waals surface area contributed by atoms with Crippen LogP contribution in [0.15, 0.2) is 39.5 Å². The van der Waals surface area contributed by atoms with E-state index in [1.165, 1.54) is 0 Å². The van der Waals surface area contributed by atoms with Gasteiger partial charge in [0.1, 0.15) is 5.58 Å². The zero-order chi connectivity index (χ0) is 17.0. The van der Waals surface area contributed by atoms with Crippen molar-refractivity contribution >= 4 is 22.8 Å². The molecule has 0 spiro atoms. The second kappa shape index (κ2) is 7.09. The molecule has 0 bridgehead atoms. The number of hydrogen-bond acceptors (Lipinski definition) is 5. The quantitative estimate of drug-likeness (QED) is 0.854. The Morgan fingerprint density at radius 3 is 2.61 bits per heavy atom. The summed E-state index contributed by atoms with van der Waals surface area (Å²) < 4.78 is 10.2.